The first-order chi connectivity index (χ1) is 22.3. The van der Waals surface area contributed by atoms with Gasteiger partial charge < -0.3 is 0 Å². The van der Waals surface area contributed by atoms with Gasteiger partial charge in [0.15, 0.2) is 0 Å². The van der Waals surface area contributed by atoms with Crippen molar-refractivity contribution in [2.45, 2.75) is 5.41 Å². The summed E-state index contributed by atoms with van der Waals surface area (Å²) in [4.78, 5) is 9.56. The Labute approximate surface area is 261 Å². The van der Waals surface area contributed by atoms with Gasteiger partial charge >= 0.3 is 0 Å². The molecule has 2 heterocycles. The van der Waals surface area contributed by atoms with Gasteiger partial charge in [-0.1, -0.05) is 109 Å². The molecule has 2 aliphatic rings. The number of fused-ring (bicyclic) bond motifs is 13. The fourth-order valence-electron chi connectivity index (χ4n) is 8.06. The Morgan fingerprint density at radius 3 is 1.93 bits per heavy atom. The van der Waals surface area contributed by atoms with Crippen molar-refractivity contribution < 1.29 is 0 Å². The summed E-state index contributed by atoms with van der Waals surface area (Å²) in [5.41, 5.74) is 14.2. The number of benzene rings is 6. The summed E-state index contributed by atoms with van der Waals surface area (Å²) < 4.78 is 0. The molecule has 1 spiro atoms. The smallest absolute Gasteiger partial charge is 0.0893 e. The van der Waals surface area contributed by atoms with Gasteiger partial charge in [-0.05, 0) is 109 Å². The van der Waals surface area contributed by atoms with Crippen LogP contribution in [0.3, 0.4) is 0 Å². The van der Waals surface area contributed by atoms with Crippen molar-refractivity contribution >= 4 is 21.5 Å². The topological polar surface area (TPSA) is 25.8 Å². The zero-order chi connectivity index (χ0) is 29.5. The van der Waals surface area contributed by atoms with Gasteiger partial charge in [-0.25, -0.2) is 4.98 Å². The molecular weight excluding hydrogens is 544 g/mol. The van der Waals surface area contributed by atoms with E-state index in [0.717, 1.165) is 22.6 Å². The van der Waals surface area contributed by atoms with Crippen LogP contribution in [0.5, 0.6) is 0 Å². The molecule has 45 heavy (non-hydrogen) atoms. The maximum atomic E-state index is 5.03. The van der Waals surface area contributed by atoms with Crippen LogP contribution in [0.25, 0.3) is 66.4 Å². The van der Waals surface area contributed by atoms with Crippen molar-refractivity contribution in [1.82, 2.24) is 9.97 Å². The standard InChI is InChI=1S/C43H26N2/c1-2-11-31-27(10-1)21-22-37-42(31)34-25-28-19-20-29(39-17-9-18-41(45-39)40-16-7-8-23-44-40)24-30(28)26-38(34)43(37)35-14-5-3-12-32(35)33-13-4-6-15-36(33)43/h1-26H. The van der Waals surface area contributed by atoms with E-state index in [2.05, 4.69) is 132 Å². The fourth-order valence-corrected chi connectivity index (χ4v) is 8.06. The Hall–Kier alpha value is -5.86. The normalized spacial score (nSPS) is 13.5. The van der Waals surface area contributed by atoms with E-state index in [1.807, 2.05) is 30.5 Å². The molecule has 8 aromatic rings. The third-order valence-corrected chi connectivity index (χ3v) is 9.91. The maximum Gasteiger partial charge on any atom is 0.0893 e. The molecule has 0 radical (unpaired) electrons. The fraction of sp³-hybridized carbons (Fsp3) is 0.0233. The highest BCUT2D eigenvalue weighted by Gasteiger charge is 2.52. The molecule has 0 saturated heterocycles. The average molecular weight is 571 g/mol. The van der Waals surface area contributed by atoms with Gasteiger partial charge in [-0.15, -0.1) is 0 Å². The lowest BCUT2D eigenvalue weighted by Gasteiger charge is -2.30. The second kappa shape index (κ2) is 9.07. The van der Waals surface area contributed by atoms with Crippen molar-refractivity contribution in [1.29, 1.82) is 0 Å². The predicted molar refractivity (Wildman–Crippen MR) is 184 cm³/mol. The second-order valence-corrected chi connectivity index (χ2v) is 12.1. The van der Waals surface area contributed by atoms with Crippen LogP contribution in [0.4, 0.5) is 0 Å². The van der Waals surface area contributed by atoms with Crippen LogP contribution in [0, 0.1) is 0 Å². The molecule has 0 amide bonds. The minimum absolute atomic E-state index is 0.386. The molecule has 0 unspecified atom stereocenters. The third kappa shape index (κ3) is 3.29. The molecule has 2 nitrogen and oxygen atoms in total. The monoisotopic (exact) mass is 570 g/mol. The van der Waals surface area contributed by atoms with Gasteiger partial charge in [0.25, 0.3) is 0 Å². The SMILES string of the molecule is c1ccc(-c2cccc(-c3ccc4cc5c(cc4c3)C3(c4ccccc4-c4ccccc43)c3ccc4ccccc4c3-5)n2)nc1. The van der Waals surface area contributed by atoms with E-state index in [9.17, 15) is 0 Å². The van der Waals surface area contributed by atoms with E-state index < -0.39 is 0 Å². The zero-order valence-corrected chi connectivity index (χ0v) is 24.4. The molecule has 2 aliphatic carbocycles. The summed E-state index contributed by atoms with van der Waals surface area (Å²) in [7, 11) is 0. The maximum absolute atomic E-state index is 5.03. The second-order valence-electron chi connectivity index (χ2n) is 12.1. The van der Waals surface area contributed by atoms with Crippen molar-refractivity contribution in [3.8, 4) is 44.9 Å². The number of hydrogen-bond acceptors (Lipinski definition) is 2. The lowest BCUT2D eigenvalue weighted by molar-refractivity contribution is 0.795. The van der Waals surface area contributed by atoms with Crippen molar-refractivity contribution in [3.05, 3.63) is 180 Å². The minimum atomic E-state index is -0.386. The molecule has 0 aliphatic heterocycles. The van der Waals surface area contributed by atoms with Crippen molar-refractivity contribution in [2.75, 3.05) is 0 Å². The molecule has 2 aromatic heterocycles. The molecular formula is C43H26N2. The number of hydrogen-bond donors (Lipinski definition) is 0. The molecule has 0 saturated carbocycles. The van der Waals surface area contributed by atoms with Crippen LogP contribution in [0.1, 0.15) is 22.3 Å². The minimum Gasteiger partial charge on any atom is -0.255 e. The van der Waals surface area contributed by atoms with E-state index in [-0.39, 0.29) is 5.41 Å². The molecule has 0 bridgehead atoms. The Kier molecular flexibility index (Phi) is 4.95. The van der Waals surface area contributed by atoms with E-state index in [1.54, 1.807) is 0 Å². The predicted octanol–water partition coefficient (Wildman–Crippen LogP) is 10.5. The van der Waals surface area contributed by atoms with E-state index in [0.29, 0.717) is 0 Å². The first kappa shape index (κ1) is 24.6. The third-order valence-electron chi connectivity index (χ3n) is 9.91. The van der Waals surface area contributed by atoms with Gasteiger partial charge in [0.05, 0.1) is 22.5 Å². The van der Waals surface area contributed by atoms with Gasteiger partial charge in [-0.3, -0.25) is 4.98 Å². The Bertz CT molecular complexity index is 2450. The van der Waals surface area contributed by atoms with Crippen LogP contribution in [0.2, 0.25) is 0 Å². The van der Waals surface area contributed by atoms with Crippen molar-refractivity contribution in [3.63, 3.8) is 0 Å². The Morgan fingerprint density at radius 2 is 1.11 bits per heavy atom. The van der Waals surface area contributed by atoms with Gasteiger partial charge in [-0.2, -0.15) is 0 Å². The first-order valence-electron chi connectivity index (χ1n) is 15.5. The summed E-state index contributed by atoms with van der Waals surface area (Å²) in [6, 6.07) is 55.3. The van der Waals surface area contributed by atoms with Crippen LogP contribution >= 0.6 is 0 Å². The summed E-state index contributed by atoms with van der Waals surface area (Å²) in [6.45, 7) is 0. The lowest BCUT2D eigenvalue weighted by atomic mass is 9.70. The summed E-state index contributed by atoms with van der Waals surface area (Å²) >= 11 is 0. The molecule has 0 N–H and O–H groups in total. The highest BCUT2D eigenvalue weighted by molar-refractivity contribution is 6.08. The average Bonchev–Trinajstić information content (AvgIpc) is 3.58. The van der Waals surface area contributed by atoms with Crippen LogP contribution in [0.15, 0.2) is 158 Å². The highest BCUT2D eigenvalue weighted by atomic mass is 14.8. The van der Waals surface area contributed by atoms with Gasteiger partial charge in [0.1, 0.15) is 0 Å². The molecule has 0 fully saturated rings. The summed E-state index contributed by atoms with van der Waals surface area (Å²) in [5, 5.41) is 5.03. The van der Waals surface area contributed by atoms with Gasteiger partial charge in [0.2, 0.25) is 0 Å². The molecule has 0 atom stereocenters. The molecule has 208 valence electrons. The quantitative estimate of drug-likeness (QED) is 0.207. The number of aromatic nitrogens is 2. The number of nitrogens with zero attached hydrogens (tertiary/aromatic N) is 2. The first-order valence-corrected chi connectivity index (χ1v) is 15.5. The number of pyridine rings is 2. The molecule has 10 rings (SSSR count). The molecule has 6 aromatic carbocycles. The molecule has 2 heteroatoms. The van der Waals surface area contributed by atoms with Crippen LogP contribution in [-0.4, -0.2) is 9.97 Å². The van der Waals surface area contributed by atoms with Gasteiger partial charge in [0, 0.05) is 11.8 Å². The van der Waals surface area contributed by atoms with E-state index in [4.69, 9.17) is 4.98 Å². The van der Waals surface area contributed by atoms with Crippen molar-refractivity contribution in [2.24, 2.45) is 0 Å². The van der Waals surface area contributed by atoms with E-state index in [1.165, 1.54) is 66.1 Å². The van der Waals surface area contributed by atoms with Crippen LogP contribution in [-0.2, 0) is 5.41 Å². The van der Waals surface area contributed by atoms with Crippen LogP contribution < -0.4 is 0 Å². The largest absolute Gasteiger partial charge is 0.255 e. The zero-order valence-electron chi connectivity index (χ0n) is 24.4. The summed E-state index contributed by atoms with van der Waals surface area (Å²) in [6.07, 6.45) is 1.82. The van der Waals surface area contributed by atoms with E-state index >= 15 is 0 Å². The lowest BCUT2D eigenvalue weighted by Crippen LogP contribution is -2.25. The number of rotatable bonds is 2. The Morgan fingerprint density at radius 1 is 0.400 bits per heavy atom. The Balaban J connectivity index is 1.27. The highest BCUT2D eigenvalue weighted by Crippen LogP contribution is 2.64. The summed E-state index contributed by atoms with van der Waals surface area (Å²) in [5.74, 6) is 0.